The summed E-state index contributed by atoms with van der Waals surface area (Å²) < 4.78 is 6.16. The van der Waals surface area contributed by atoms with Crippen LogP contribution in [0.1, 0.15) is 42.1 Å². The molecule has 6 heteroatoms. The first kappa shape index (κ1) is 22.5. The predicted octanol–water partition coefficient (Wildman–Crippen LogP) is 5.12. The van der Waals surface area contributed by atoms with Gasteiger partial charge in [0.1, 0.15) is 24.0 Å². The molecule has 6 nitrogen and oxygen atoms in total. The Morgan fingerprint density at radius 3 is 2.59 bits per heavy atom. The summed E-state index contributed by atoms with van der Waals surface area (Å²) in [5, 5.41) is 0. The van der Waals surface area contributed by atoms with Gasteiger partial charge in [0.2, 0.25) is 0 Å². The Bertz CT molecular complexity index is 1260. The van der Waals surface area contributed by atoms with Crippen molar-refractivity contribution < 1.29 is 4.74 Å². The van der Waals surface area contributed by atoms with E-state index in [1.54, 1.807) is 0 Å². The van der Waals surface area contributed by atoms with E-state index < -0.39 is 0 Å². The molecule has 3 heterocycles. The summed E-state index contributed by atoms with van der Waals surface area (Å²) in [6.45, 7) is 9.29. The zero-order valence-corrected chi connectivity index (χ0v) is 20.9. The summed E-state index contributed by atoms with van der Waals surface area (Å²) in [4.78, 5) is 19.0. The lowest BCUT2D eigenvalue weighted by molar-refractivity contribution is 0.331. The highest BCUT2D eigenvalue weighted by Crippen LogP contribution is 2.35. The fraction of sp³-hybridized carbons (Fsp3) is 0.393. The van der Waals surface area contributed by atoms with Crippen LogP contribution in [0.2, 0.25) is 0 Å². The number of aryl methyl sites for hydroxylation is 1. The predicted molar refractivity (Wildman–Crippen MR) is 138 cm³/mol. The third kappa shape index (κ3) is 4.42. The Hall–Kier alpha value is -3.25. The molecule has 0 N–H and O–H groups in total. The van der Waals surface area contributed by atoms with Crippen LogP contribution in [0.5, 0.6) is 5.75 Å². The van der Waals surface area contributed by atoms with Gasteiger partial charge in [0, 0.05) is 35.5 Å². The maximum atomic E-state index is 6.16. The van der Waals surface area contributed by atoms with Crippen molar-refractivity contribution in [2.24, 2.45) is 4.99 Å². The second kappa shape index (κ2) is 9.18. The SMILES string of the molecule is CCc1c(C)nc(CN(C)C)nc1N1CCOc2ccc(-c3ccc4c(c3)N=C(C)C4)cc2C1. The molecular formula is C28H33N5O. The van der Waals surface area contributed by atoms with Crippen molar-refractivity contribution in [1.29, 1.82) is 0 Å². The lowest BCUT2D eigenvalue weighted by Gasteiger charge is -2.25. The van der Waals surface area contributed by atoms with Gasteiger partial charge in [0.25, 0.3) is 0 Å². The van der Waals surface area contributed by atoms with Crippen LogP contribution in [-0.2, 0) is 25.9 Å². The molecule has 2 aliphatic rings. The number of aliphatic imine (C=N–C) groups is 1. The summed E-state index contributed by atoms with van der Waals surface area (Å²) in [5.74, 6) is 2.86. The third-order valence-electron chi connectivity index (χ3n) is 6.57. The van der Waals surface area contributed by atoms with Crippen molar-refractivity contribution in [3.05, 3.63) is 64.6 Å². The molecular weight excluding hydrogens is 422 g/mol. The van der Waals surface area contributed by atoms with Crippen LogP contribution in [-0.4, -0.2) is 47.8 Å². The van der Waals surface area contributed by atoms with Gasteiger partial charge in [-0.2, -0.15) is 0 Å². The molecule has 34 heavy (non-hydrogen) atoms. The van der Waals surface area contributed by atoms with Gasteiger partial charge in [-0.25, -0.2) is 9.97 Å². The van der Waals surface area contributed by atoms with Crippen LogP contribution >= 0.6 is 0 Å². The van der Waals surface area contributed by atoms with Crippen molar-refractivity contribution >= 4 is 17.2 Å². The Morgan fingerprint density at radius 1 is 1.00 bits per heavy atom. The molecule has 2 aromatic carbocycles. The summed E-state index contributed by atoms with van der Waals surface area (Å²) in [5.41, 5.74) is 9.43. The van der Waals surface area contributed by atoms with Crippen molar-refractivity contribution in [3.8, 4) is 16.9 Å². The topological polar surface area (TPSA) is 53.9 Å². The first-order chi connectivity index (χ1) is 16.4. The summed E-state index contributed by atoms with van der Waals surface area (Å²) in [7, 11) is 4.10. The van der Waals surface area contributed by atoms with Gasteiger partial charge in [-0.15, -0.1) is 0 Å². The van der Waals surface area contributed by atoms with E-state index in [0.29, 0.717) is 6.61 Å². The van der Waals surface area contributed by atoms with E-state index in [1.165, 1.54) is 33.5 Å². The zero-order chi connectivity index (χ0) is 23.8. The van der Waals surface area contributed by atoms with Gasteiger partial charge in [-0.05, 0) is 69.3 Å². The molecule has 0 unspecified atom stereocenters. The van der Waals surface area contributed by atoms with Gasteiger partial charge in [-0.3, -0.25) is 4.99 Å². The molecule has 0 bridgehead atoms. The number of benzene rings is 2. The molecule has 176 valence electrons. The zero-order valence-electron chi connectivity index (χ0n) is 20.9. The van der Waals surface area contributed by atoms with E-state index in [0.717, 1.165) is 61.2 Å². The molecule has 2 aliphatic heterocycles. The van der Waals surface area contributed by atoms with Crippen molar-refractivity contribution in [1.82, 2.24) is 14.9 Å². The van der Waals surface area contributed by atoms with Crippen LogP contribution in [0, 0.1) is 6.92 Å². The van der Waals surface area contributed by atoms with Gasteiger partial charge in [-0.1, -0.05) is 25.1 Å². The first-order valence-electron chi connectivity index (χ1n) is 12.1. The lowest BCUT2D eigenvalue weighted by atomic mass is 9.99. The van der Waals surface area contributed by atoms with Crippen LogP contribution in [0.3, 0.4) is 0 Å². The number of rotatable bonds is 5. The minimum absolute atomic E-state index is 0.633. The molecule has 0 saturated heterocycles. The monoisotopic (exact) mass is 455 g/mol. The summed E-state index contributed by atoms with van der Waals surface area (Å²) in [6.07, 6.45) is 1.86. The van der Waals surface area contributed by atoms with Crippen LogP contribution in [0.15, 0.2) is 41.4 Å². The fourth-order valence-electron chi connectivity index (χ4n) is 4.94. The van der Waals surface area contributed by atoms with Gasteiger partial charge >= 0.3 is 0 Å². The fourth-order valence-corrected chi connectivity index (χ4v) is 4.94. The molecule has 3 aromatic rings. The van der Waals surface area contributed by atoms with Gasteiger partial charge < -0.3 is 14.5 Å². The largest absolute Gasteiger partial charge is 0.491 e. The third-order valence-corrected chi connectivity index (χ3v) is 6.57. The smallest absolute Gasteiger partial charge is 0.144 e. The number of ether oxygens (including phenoxy) is 1. The molecule has 0 saturated carbocycles. The molecule has 0 spiro atoms. The Balaban J connectivity index is 1.50. The number of anilines is 1. The molecule has 0 atom stereocenters. The highest BCUT2D eigenvalue weighted by atomic mass is 16.5. The Labute approximate surface area is 202 Å². The average molecular weight is 456 g/mol. The van der Waals surface area contributed by atoms with Crippen molar-refractivity contribution in [3.63, 3.8) is 0 Å². The highest BCUT2D eigenvalue weighted by molar-refractivity contribution is 5.93. The Kier molecular flexibility index (Phi) is 6.09. The second-order valence-corrected chi connectivity index (χ2v) is 9.58. The van der Waals surface area contributed by atoms with E-state index in [-0.39, 0.29) is 0 Å². The van der Waals surface area contributed by atoms with Crippen LogP contribution in [0.4, 0.5) is 11.5 Å². The maximum absolute atomic E-state index is 6.16. The van der Waals surface area contributed by atoms with Crippen LogP contribution in [0.25, 0.3) is 11.1 Å². The normalized spacial score (nSPS) is 15.0. The second-order valence-electron chi connectivity index (χ2n) is 9.58. The average Bonchev–Trinajstić information content (AvgIpc) is 3.04. The van der Waals surface area contributed by atoms with E-state index in [2.05, 4.69) is 81.1 Å². The number of hydrogen-bond acceptors (Lipinski definition) is 6. The molecule has 1 aromatic heterocycles. The number of nitrogens with zero attached hydrogens (tertiary/aromatic N) is 5. The molecule has 0 fully saturated rings. The lowest BCUT2D eigenvalue weighted by Crippen LogP contribution is -2.29. The number of aromatic nitrogens is 2. The van der Waals surface area contributed by atoms with E-state index in [1.807, 2.05) is 0 Å². The highest BCUT2D eigenvalue weighted by Gasteiger charge is 2.22. The van der Waals surface area contributed by atoms with Crippen molar-refractivity contribution in [2.45, 2.75) is 46.7 Å². The van der Waals surface area contributed by atoms with Crippen molar-refractivity contribution in [2.75, 3.05) is 32.1 Å². The minimum atomic E-state index is 0.633. The Morgan fingerprint density at radius 2 is 1.79 bits per heavy atom. The molecule has 0 radical (unpaired) electrons. The minimum Gasteiger partial charge on any atom is -0.491 e. The summed E-state index contributed by atoms with van der Waals surface area (Å²) >= 11 is 0. The molecule has 0 aliphatic carbocycles. The molecule has 0 amide bonds. The number of fused-ring (bicyclic) bond motifs is 2. The van der Waals surface area contributed by atoms with E-state index in [4.69, 9.17) is 19.7 Å². The van der Waals surface area contributed by atoms with Gasteiger partial charge in [0.15, 0.2) is 0 Å². The van der Waals surface area contributed by atoms with E-state index in [9.17, 15) is 0 Å². The van der Waals surface area contributed by atoms with Crippen LogP contribution < -0.4 is 9.64 Å². The maximum Gasteiger partial charge on any atom is 0.144 e. The van der Waals surface area contributed by atoms with Gasteiger partial charge in [0.05, 0.1) is 18.8 Å². The molecule has 5 rings (SSSR count). The first-order valence-corrected chi connectivity index (χ1v) is 12.1. The summed E-state index contributed by atoms with van der Waals surface area (Å²) in [6, 6.07) is 13.2. The van der Waals surface area contributed by atoms with E-state index >= 15 is 0 Å². The number of hydrogen-bond donors (Lipinski definition) is 0. The standard InChI is InChI=1S/C28H33N5O/c1-6-24-19(3)30-27(17-32(4)5)31-28(24)33-11-12-34-26-10-9-20(14-23(26)16-33)21-7-8-22-13-18(2)29-25(22)15-21/h7-10,14-15H,6,11-13,16-17H2,1-5H3. The quantitative estimate of drug-likeness (QED) is 0.534.